The van der Waals surface area contributed by atoms with Crippen molar-refractivity contribution in [2.24, 2.45) is 0 Å². The van der Waals surface area contributed by atoms with Crippen LogP contribution in [0.3, 0.4) is 0 Å². The number of hydrogen-bond acceptors (Lipinski definition) is 5. The lowest BCUT2D eigenvalue weighted by Crippen LogP contribution is -2.42. The molecule has 0 fully saturated rings. The van der Waals surface area contributed by atoms with Crippen molar-refractivity contribution in [1.82, 2.24) is 14.5 Å². The van der Waals surface area contributed by atoms with Gasteiger partial charge in [0.2, 0.25) is 5.91 Å². The van der Waals surface area contributed by atoms with Crippen LogP contribution in [-0.2, 0) is 35.5 Å². The number of carbonyl (C=O) groups excluding carboxylic acids is 2. The number of rotatable bonds is 6. The zero-order chi connectivity index (χ0) is 25.8. The standard InChI is InChI=1S/C27H29FN4O4/c1-4-18-8-6-7-17(3)24(18)30-23(33)16-32-25(19-9-11-20(28)12-10-19)29-22-15-31(27(35)36-5-2)14-13-21(22)26(32)34/h6-12H,4-5,13-16H2,1-3H3,(H,30,33). The van der Waals surface area contributed by atoms with Gasteiger partial charge in [-0.2, -0.15) is 0 Å². The Kier molecular flexibility index (Phi) is 7.47. The highest BCUT2D eigenvalue weighted by Crippen LogP contribution is 2.24. The second kappa shape index (κ2) is 10.7. The van der Waals surface area contributed by atoms with E-state index >= 15 is 0 Å². The van der Waals surface area contributed by atoms with Crippen molar-refractivity contribution in [2.45, 2.75) is 46.7 Å². The van der Waals surface area contributed by atoms with Gasteiger partial charge in [-0.3, -0.25) is 14.2 Å². The van der Waals surface area contributed by atoms with E-state index in [4.69, 9.17) is 4.74 Å². The second-order valence-electron chi connectivity index (χ2n) is 8.64. The maximum atomic E-state index is 13.6. The van der Waals surface area contributed by atoms with Gasteiger partial charge in [0.05, 0.1) is 18.8 Å². The van der Waals surface area contributed by atoms with E-state index in [9.17, 15) is 18.8 Å². The Morgan fingerprint density at radius 1 is 1.14 bits per heavy atom. The Morgan fingerprint density at radius 3 is 2.58 bits per heavy atom. The van der Waals surface area contributed by atoms with Crippen molar-refractivity contribution in [3.8, 4) is 11.4 Å². The topological polar surface area (TPSA) is 93.5 Å². The van der Waals surface area contributed by atoms with Gasteiger partial charge in [-0.1, -0.05) is 25.1 Å². The van der Waals surface area contributed by atoms with Gasteiger partial charge in [-0.05, 0) is 62.1 Å². The van der Waals surface area contributed by atoms with Crippen LogP contribution in [0.1, 0.15) is 36.2 Å². The Morgan fingerprint density at radius 2 is 1.89 bits per heavy atom. The molecule has 1 N–H and O–H groups in total. The summed E-state index contributed by atoms with van der Waals surface area (Å²) in [5.74, 6) is -0.557. The molecule has 1 aromatic heterocycles. The maximum absolute atomic E-state index is 13.6. The first kappa shape index (κ1) is 25.1. The first-order valence-electron chi connectivity index (χ1n) is 12.0. The molecular weight excluding hydrogens is 463 g/mol. The second-order valence-corrected chi connectivity index (χ2v) is 8.64. The van der Waals surface area contributed by atoms with Crippen molar-refractivity contribution >= 4 is 17.7 Å². The fourth-order valence-corrected chi connectivity index (χ4v) is 4.39. The van der Waals surface area contributed by atoms with Gasteiger partial charge in [0.15, 0.2) is 0 Å². The number of para-hydroxylation sites is 1. The lowest BCUT2D eigenvalue weighted by molar-refractivity contribution is -0.116. The van der Waals surface area contributed by atoms with Crippen LogP contribution >= 0.6 is 0 Å². The van der Waals surface area contributed by atoms with Crippen LogP contribution in [0.5, 0.6) is 0 Å². The molecule has 8 nitrogen and oxygen atoms in total. The minimum atomic E-state index is -0.471. The van der Waals surface area contributed by atoms with Gasteiger partial charge in [0.25, 0.3) is 5.56 Å². The molecule has 9 heteroatoms. The Labute approximate surface area is 208 Å². The number of nitrogens with one attached hydrogen (secondary N) is 1. The normalized spacial score (nSPS) is 12.7. The molecule has 0 saturated heterocycles. The zero-order valence-corrected chi connectivity index (χ0v) is 20.6. The number of carbonyl (C=O) groups is 2. The minimum absolute atomic E-state index is 0.119. The molecule has 2 aromatic carbocycles. The number of aromatic nitrogens is 2. The third-order valence-corrected chi connectivity index (χ3v) is 6.26. The van der Waals surface area contributed by atoms with Gasteiger partial charge in [0, 0.05) is 23.4 Å². The minimum Gasteiger partial charge on any atom is -0.450 e. The lowest BCUT2D eigenvalue weighted by Gasteiger charge is -2.28. The molecule has 3 aromatic rings. The summed E-state index contributed by atoms with van der Waals surface area (Å²) in [7, 11) is 0. The van der Waals surface area contributed by atoms with Gasteiger partial charge >= 0.3 is 6.09 Å². The SMILES string of the molecule is CCOC(=O)N1CCc2c(nc(-c3ccc(F)cc3)n(CC(=O)Nc3c(C)cccc3CC)c2=O)C1. The number of halogens is 1. The first-order valence-corrected chi connectivity index (χ1v) is 12.0. The van der Waals surface area contributed by atoms with Crippen LogP contribution in [0.25, 0.3) is 11.4 Å². The van der Waals surface area contributed by atoms with Gasteiger partial charge in [-0.15, -0.1) is 0 Å². The number of amides is 2. The summed E-state index contributed by atoms with van der Waals surface area (Å²) in [6, 6.07) is 11.4. The Hall–Kier alpha value is -4.01. The molecular formula is C27H29FN4O4. The number of hydrogen-bond donors (Lipinski definition) is 1. The summed E-state index contributed by atoms with van der Waals surface area (Å²) < 4.78 is 20.0. The van der Waals surface area contributed by atoms with Crippen LogP contribution in [0.2, 0.25) is 0 Å². The van der Waals surface area contributed by atoms with Crippen LogP contribution in [0, 0.1) is 12.7 Å². The summed E-state index contributed by atoms with van der Waals surface area (Å²) in [4.78, 5) is 45.2. The number of aryl methyl sites for hydroxylation is 2. The largest absolute Gasteiger partial charge is 0.450 e. The fourth-order valence-electron chi connectivity index (χ4n) is 4.39. The van der Waals surface area contributed by atoms with Crippen LogP contribution in [0.4, 0.5) is 14.9 Å². The first-order chi connectivity index (χ1) is 17.3. The highest BCUT2D eigenvalue weighted by Gasteiger charge is 2.28. The average Bonchev–Trinajstić information content (AvgIpc) is 2.87. The molecule has 2 heterocycles. The molecule has 188 valence electrons. The molecule has 0 aliphatic carbocycles. The van der Waals surface area contributed by atoms with E-state index in [1.54, 1.807) is 6.92 Å². The summed E-state index contributed by atoms with van der Waals surface area (Å²) in [5, 5.41) is 2.95. The number of benzene rings is 2. The predicted octanol–water partition coefficient (Wildman–Crippen LogP) is 4.07. The van der Waals surface area contributed by atoms with Crippen molar-refractivity contribution in [3.63, 3.8) is 0 Å². The van der Waals surface area contributed by atoms with E-state index in [1.807, 2.05) is 32.0 Å². The molecule has 0 bridgehead atoms. The van der Waals surface area contributed by atoms with Crippen LogP contribution in [0.15, 0.2) is 47.3 Å². The zero-order valence-electron chi connectivity index (χ0n) is 20.6. The van der Waals surface area contributed by atoms with Gasteiger partial charge < -0.3 is 15.0 Å². The molecule has 0 spiro atoms. The fraction of sp³-hybridized carbons (Fsp3) is 0.333. The molecule has 36 heavy (non-hydrogen) atoms. The van der Waals surface area contributed by atoms with E-state index in [2.05, 4.69) is 10.3 Å². The van der Waals surface area contributed by atoms with Crippen molar-refractivity contribution in [1.29, 1.82) is 0 Å². The molecule has 0 unspecified atom stereocenters. The van der Waals surface area contributed by atoms with Crippen LogP contribution in [-0.4, -0.2) is 39.6 Å². The highest BCUT2D eigenvalue weighted by molar-refractivity contribution is 5.92. The molecule has 0 radical (unpaired) electrons. The third-order valence-electron chi connectivity index (χ3n) is 6.26. The number of nitrogens with zero attached hydrogens (tertiary/aromatic N) is 3. The molecule has 2 amide bonds. The molecule has 0 saturated carbocycles. The van der Waals surface area contributed by atoms with E-state index in [1.165, 1.54) is 33.7 Å². The smallest absolute Gasteiger partial charge is 0.410 e. The summed E-state index contributed by atoms with van der Waals surface area (Å²) in [6.07, 6.45) is 0.570. The molecule has 4 rings (SSSR count). The highest BCUT2D eigenvalue weighted by atomic mass is 19.1. The van der Waals surface area contributed by atoms with Crippen molar-refractivity contribution in [3.05, 3.63) is 81.0 Å². The molecule has 0 atom stereocenters. The quantitative estimate of drug-likeness (QED) is 0.560. The monoisotopic (exact) mass is 492 g/mol. The number of anilines is 1. The van der Waals surface area contributed by atoms with Gasteiger partial charge in [0.1, 0.15) is 18.2 Å². The average molecular weight is 493 g/mol. The van der Waals surface area contributed by atoms with Crippen molar-refractivity contribution < 1.29 is 18.7 Å². The van der Waals surface area contributed by atoms with E-state index in [0.717, 1.165) is 23.2 Å². The number of ether oxygens (including phenoxy) is 1. The third kappa shape index (κ3) is 5.15. The molecule has 1 aliphatic heterocycles. The van der Waals surface area contributed by atoms with E-state index in [-0.39, 0.29) is 37.0 Å². The van der Waals surface area contributed by atoms with E-state index < -0.39 is 11.9 Å². The molecule has 1 aliphatic rings. The summed E-state index contributed by atoms with van der Waals surface area (Å²) >= 11 is 0. The lowest BCUT2D eigenvalue weighted by atomic mass is 10.1. The maximum Gasteiger partial charge on any atom is 0.410 e. The summed E-state index contributed by atoms with van der Waals surface area (Å²) in [6.45, 7) is 6.07. The van der Waals surface area contributed by atoms with Crippen LogP contribution < -0.4 is 10.9 Å². The van der Waals surface area contributed by atoms with Gasteiger partial charge in [-0.25, -0.2) is 14.2 Å². The summed E-state index contributed by atoms with van der Waals surface area (Å²) in [5.41, 5.74) is 3.70. The number of fused-ring (bicyclic) bond motifs is 1. The Bertz CT molecular complexity index is 1350. The Balaban J connectivity index is 1.73. The predicted molar refractivity (Wildman–Crippen MR) is 134 cm³/mol. The van der Waals surface area contributed by atoms with E-state index in [0.29, 0.717) is 29.8 Å². The van der Waals surface area contributed by atoms with Crippen molar-refractivity contribution in [2.75, 3.05) is 18.5 Å².